The van der Waals surface area contributed by atoms with Crippen LogP contribution in [-0.2, 0) is 6.18 Å². The first-order valence-corrected chi connectivity index (χ1v) is 8.72. The lowest BCUT2D eigenvalue weighted by molar-refractivity contribution is -0.139. The molecule has 2 aromatic rings. The fraction of sp³-hybridized carbons (Fsp3) is 0.474. The van der Waals surface area contributed by atoms with E-state index in [0.717, 1.165) is 11.9 Å². The van der Waals surface area contributed by atoms with Crippen molar-refractivity contribution < 1.29 is 17.9 Å². The van der Waals surface area contributed by atoms with Gasteiger partial charge in [-0.3, -0.25) is 0 Å². The van der Waals surface area contributed by atoms with Gasteiger partial charge in [0.1, 0.15) is 5.56 Å². The van der Waals surface area contributed by atoms with Crippen LogP contribution in [0.25, 0.3) is 0 Å². The molecule has 0 amide bonds. The molecule has 142 valence electrons. The summed E-state index contributed by atoms with van der Waals surface area (Å²) in [4.78, 5) is 9.74. The Kier molecular flexibility index (Phi) is 6.45. The van der Waals surface area contributed by atoms with Gasteiger partial charge in [-0.2, -0.15) is 18.2 Å². The van der Waals surface area contributed by atoms with Gasteiger partial charge in [0.15, 0.2) is 0 Å². The molecule has 1 aromatic carbocycles. The van der Waals surface area contributed by atoms with Gasteiger partial charge in [0.25, 0.3) is 0 Å². The van der Waals surface area contributed by atoms with Crippen LogP contribution in [0, 0.1) is 0 Å². The van der Waals surface area contributed by atoms with Gasteiger partial charge in [-0.25, -0.2) is 4.98 Å². The van der Waals surface area contributed by atoms with Gasteiger partial charge in [-0.15, -0.1) is 0 Å². The molecule has 0 fully saturated rings. The second-order valence-corrected chi connectivity index (χ2v) is 6.23. The Morgan fingerprint density at radius 1 is 1.12 bits per heavy atom. The second kappa shape index (κ2) is 8.38. The summed E-state index contributed by atoms with van der Waals surface area (Å²) in [5.41, 5.74) is 1.05. The molecule has 0 bridgehead atoms. The van der Waals surface area contributed by atoms with Gasteiger partial charge in [-0.1, -0.05) is 32.9 Å². The Bertz CT molecular complexity index is 715. The third-order valence-electron chi connectivity index (χ3n) is 3.92. The fourth-order valence-electron chi connectivity index (χ4n) is 2.47. The lowest BCUT2D eigenvalue weighted by Crippen LogP contribution is -2.21. The van der Waals surface area contributed by atoms with E-state index in [-0.39, 0.29) is 12.6 Å². The maximum absolute atomic E-state index is 13.2. The summed E-state index contributed by atoms with van der Waals surface area (Å²) in [6, 6.07) is 7.85. The third kappa shape index (κ3) is 4.65. The number of hydrogen-bond donors (Lipinski definition) is 0. The van der Waals surface area contributed by atoms with Gasteiger partial charge in [0, 0.05) is 18.4 Å². The van der Waals surface area contributed by atoms with Crippen molar-refractivity contribution in [2.75, 3.05) is 18.1 Å². The minimum Gasteiger partial charge on any atom is -0.477 e. The zero-order chi connectivity index (χ0) is 19.3. The SMILES string of the molecule is CCCOc1nc(N(CC)c2ccc(C(C)C)cc2)ncc1C(F)(F)F. The number of hydrogen-bond acceptors (Lipinski definition) is 4. The quantitative estimate of drug-likeness (QED) is 0.642. The van der Waals surface area contributed by atoms with Crippen LogP contribution in [0.3, 0.4) is 0 Å². The summed E-state index contributed by atoms with van der Waals surface area (Å²) in [6.07, 6.45) is -3.18. The predicted molar refractivity (Wildman–Crippen MR) is 96.0 cm³/mol. The minimum atomic E-state index is -4.56. The van der Waals surface area contributed by atoms with Crippen LogP contribution < -0.4 is 9.64 Å². The molecule has 0 unspecified atom stereocenters. The maximum Gasteiger partial charge on any atom is 0.423 e. The van der Waals surface area contributed by atoms with Crippen LogP contribution in [0.1, 0.15) is 51.2 Å². The summed E-state index contributed by atoms with van der Waals surface area (Å²) < 4.78 is 44.7. The van der Waals surface area contributed by atoms with Crippen LogP contribution in [0.5, 0.6) is 5.88 Å². The smallest absolute Gasteiger partial charge is 0.423 e. The number of rotatable bonds is 7. The molecule has 0 aliphatic carbocycles. The van der Waals surface area contributed by atoms with E-state index in [4.69, 9.17) is 4.74 Å². The number of alkyl halides is 3. The highest BCUT2D eigenvalue weighted by Crippen LogP contribution is 2.36. The number of ether oxygens (including phenoxy) is 1. The Labute approximate surface area is 152 Å². The summed E-state index contributed by atoms with van der Waals surface area (Å²) in [7, 11) is 0. The molecule has 0 atom stereocenters. The van der Waals surface area contributed by atoms with E-state index in [9.17, 15) is 13.2 Å². The Morgan fingerprint density at radius 3 is 2.27 bits per heavy atom. The van der Waals surface area contributed by atoms with Crippen LogP contribution >= 0.6 is 0 Å². The first-order valence-electron chi connectivity index (χ1n) is 8.72. The molecular weight excluding hydrogens is 343 g/mol. The van der Waals surface area contributed by atoms with Gasteiger partial charge >= 0.3 is 6.18 Å². The molecular formula is C19H24F3N3O. The molecule has 0 aliphatic rings. The van der Waals surface area contributed by atoms with Crippen LogP contribution in [0.15, 0.2) is 30.5 Å². The molecule has 2 rings (SSSR count). The van der Waals surface area contributed by atoms with Gasteiger partial charge in [0.2, 0.25) is 11.8 Å². The topological polar surface area (TPSA) is 38.2 Å². The van der Waals surface area contributed by atoms with Crippen LogP contribution in [0.2, 0.25) is 0 Å². The van der Waals surface area contributed by atoms with Crippen molar-refractivity contribution >= 4 is 11.6 Å². The molecule has 0 N–H and O–H groups in total. The predicted octanol–water partition coefficient (Wildman–Crippen LogP) is 5.57. The zero-order valence-corrected chi connectivity index (χ0v) is 15.5. The van der Waals surface area contributed by atoms with E-state index in [1.807, 2.05) is 38.1 Å². The normalized spacial score (nSPS) is 11.7. The molecule has 0 radical (unpaired) electrons. The van der Waals surface area contributed by atoms with Crippen molar-refractivity contribution in [3.05, 3.63) is 41.6 Å². The van der Waals surface area contributed by atoms with E-state index in [0.29, 0.717) is 18.9 Å². The van der Waals surface area contributed by atoms with Crippen molar-refractivity contribution in [2.24, 2.45) is 0 Å². The number of benzene rings is 1. The van der Waals surface area contributed by atoms with Crippen LogP contribution in [-0.4, -0.2) is 23.1 Å². The second-order valence-electron chi connectivity index (χ2n) is 6.23. The average Bonchev–Trinajstić information content (AvgIpc) is 2.60. The van der Waals surface area contributed by atoms with E-state index < -0.39 is 17.6 Å². The van der Waals surface area contributed by atoms with Crippen LogP contribution in [0.4, 0.5) is 24.8 Å². The first-order chi connectivity index (χ1) is 12.3. The summed E-state index contributed by atoms with van der Waals surface area (Å²) in [6.45, 7) is 8.59. The summed E-state index contributed by atoms with van der Waals surface area (Å²) >= 11 is 0. The van der Waals surface area contributed by atoms with E-state index in [2.05, 4.69) is 23.8 Å². The molecule has 26 heavy (non-hydrogen) atoms. The van der Waals surface area contributed by atoms with Gasteiger partial charge in [0.05, 0.1) is 6.61 Å². The van der Waals surface area contributed by atoms with E-state index >= 15 is 0 Å². The maximum atomic E-state index is 13.2. The Morgan fingerprint density at radius 2 is 1.77 bits per heavy atom. The molecule has 7 heteroatoms. The minimum absolute atomic E-state index is 0.161. The highest BCUT2D eigenvalue weighted by molar-refractivity contribution is 5.58. The summed E-state index contributed by atoms with van der Waals surface area (Å²) in [5.74, 6) is 0.154. The monoisotopic (exact) mass is 367 g/mol. The number of aromatic nitrogens is 2. The molecule has 0 spiro atoms. The molecule has 4 nitrogen and oxygen atoms in total. The molecule has 0 saturated carbocycles. The van der Waals surface area contributed by atoms with Crippen molar-refractivity contribution in [3.8, 4) is 5.88 Å². The average molecular weight is 367 g/mol. The Balaban J connectivity index is 2.40. The standard InChI is InChI=1S/C19H24F3N3O/c1-5-11-26-17-16(19(20,21)22)12-23-18(24-17)25(6-2)15-9-7-14(8-10-15)13(3)4/h7-10,12-13H,5-6,11H2,1-4H3. The molecule has 0 aliphatic heterocycles. The molecule has 1 heterocycles. The zero-order valence-electron chi connectivity index (χ0n) is 15.5. The van der Waals surface area contributed by atoms with Gasteiger partial charge in [-0.05, 0) is 37.0 Å². The lowest BCUT2D eigenvalue weighted by Gasteiger charge is -2.23. The van der Waals surface area contributed by atoms with E-state index in [1.54, 1.807) is 4.90 Å². The van der Waals surface area contributed by atoms with Crippen molar-refractivity contribution in [1.82, 2.24) is 9.97 Å². The van der Waals surface area contributed by atoms with E-state index in [1.165, 1.54) is 5.56 Å². The highest BCUT2D eigenvalue weighted by atomic mass is 19.4. The molecule has 1 aromatic heterocycles. The Hall–Kier alpha value is -2.31. The van der Waals surface area contributed by atoms with Crippen molar-refractivity contribution in [3.63, 3.8) is 0 Å². The van der Waals surface area contributed by atoms with Crippen molar-refractivity contribution in [2.45, 2.75) is 46.2 Å². The summed E-state index contributed by atoms with van der Waals surface area (Å²) in [5, 5.41) is 0. The first kappa shape index (κ1) is 20.0. The number of halogens is 3. The lowest BCUT2D eigenvalue weighted by atomic mass is 10.0. The van der Waals surface area contributed by atoms with Crippen molar-refractivity contribution in [1.29, 1.82) is 0 Å². The highest BCUT2D eigenvalue weighted by Gasteiger charge is 2.36. The largest absolute Gasteiger partial charge is 0.477 e. The van der Waals surface area contributed by atoms with Gasteiger partial charge < -0.3 is 9.64 Å². The number of nitrogens with zero attached hydrogens (tertiary/aromatic N) is 3. The third-order valence-corrected chi connectivity index (χ3v) is 3.92. The number of anilines is 2. The fourth-order valence-corrected chi connectivity index (χ4v) is 2.47. The molecule has 0 saturated heterocycles.